The molecule has 1 aliphatic rings. The normalized spacial score (nSPS) is 15.9. The zero-order valence-corrected chi connectivity index (χ0v) is 14.6. The molecule has 0 bridgehead atoms. The topological polar surface area (TPSA) is 50.8 Å². The van der Waals surface area contributed by atoms with Crippen LogP contribution >= 0.6 is 0 Å². The lowest BCUT2D eigenvalue weighted by Gasteiger charge is -2.26. The van der Waals surface area contributed by atoms with Crippen LogP contribution in [-0.2, 0) is 0 Å². The van der Waals surface area contributed by atoms with Gasteiger partial charge in [-0.15, -0.1) is 0 Å². The molecule has 1 aromatic carbocycles. The minimum Gasteiger partial charge on any atom is -0.491 e. The van der Waals surface area contributed by atoms with Crippen LogP contribution in [0.4, 0.5) is 0 Å². The van der Waals surface area contributed by atoms with Crippen LogP contribution in [0.3, 0.4) is 0 Å². The molecule has 1 aliphatic heterocycles. The molecule has 5 heteroatoms. The molecular weight excluding hydrogens is 292 g/mol. The third kappa shape index (κ3) is 5.52. The van der Waals surface area contributed by atoms with Crippen LogP contribution in [-0.4, -0.2) is 55.6 Å². The molecule has 1 fully saturated rings. The van der Waals surface area contributed by atoms with Crippen molar-refractivity contribution in [1.29, 1.82) is 0 Å². The maximum atomic E-state index is 12.8. The van der Waals surface area contributed by atoms with Crippen molar-refractivity contribution in [2.75, 3.05) is 32.7 Å². The van der Waals surface area contributed by atoms with Crippen molar-refractivity contribution in [2.45, 2.75) is 39.9 Å². The Bertz CT molecular complexity index is 523. The first-order chi connectivity index (χ1) is 11.0. The Labute approximate surface area is 139 Å². The maximum absolute atomic E-state index is 12.8. The number of Topliss-reactive ketones (excluding diaryl/α,β-unsaturated/α-hetero) is 1. The van der Waals surface area contributed by atoms with Gasteiger partial charge in [0.15, 0.2) is 5.78 Å². The smallest absolute Gasteiger partial charge is 0.180 e. The highest BCUT2D eigenvalue weighted by Gasteiger charge is 2.19. The van der Waals surface area contributed by atoms with Crippen LogP contribution in [0.5, 0.6) is 11.5 Å². The van der Waals surface area contributed by atoms with Crippen molar-refractivity contribution in [1.82, 2.24) is 10.2 Å². The van der Waals surface area contributed by atoms with E-state index < -0.39 is 0 Å². The number of carbonyl (C=O) groups excluding carboxylic acids is 1. The summed E-state index contributed by atoms with van der Waals surface area (Å²) in [6, 6.07) is 5.50. The van der Waals surface area contributed by atoms with Crippen LogP contribution in [0.1, 0.15) is 38.1 Å². The highest BCUT2D eigenvalue weighted by atomic mass is 16.5. The second-order valence-electron chi connectivity index (χ2n) is 6.44. The molecule has 0 spiro atoms. The van der Waals surface area contributed by atoms with E-state index in [1.807, 2.05) is 45.9 Å². The van der Waals surface area contributed by atoms with Gasteiger partial charge >= 0.3 is 0 Å². The van der Waals surface area contributed by atoms with Crippen LogP contribution in [0.25, 0.3) is 0 Å². The minimum atomic E-state index is 0.0256. The molecule has 0 unspecified atom stereocenters. The van der Waals surface area contributed by atoms with E-state index >= 15 is 0 Å². The fourth-order valence-electron chi connectivity index (χ4n) is 2.59. The van der Waals surface area contributed by atoms with Gasteiger partial charge in [0.1, 0.15) is 11.5 Å². The zero-order chi connectivity index (χ0) is 16.8. The van der Waals surface area contributed by atoms with Gasteiger partial charge in [0, 0.05) is 26.2 Å². The zero-order valence-electron chi connectivity index (χ0n) is 14.6. The molecule has 128 valence electrons. The van der Waals surface area contributed by atoms with Crippen molar-refractivity contribution in [3.63, 3.8) is 0 Å². The van der Waals surface area contributed by atoms with E-state index in [1.54, 1.807) is 0 Å². The highest BCUT2D eigenvalue weighted by Crippen LogP contribution is 2.26. The molecule has 1 heterocycles. The molecule has 23 heavy (non-hydrogen) atoms. The predicted octanol–water partition coefficient (Wildman–Crippen LogP) is 2.35. The quantitative estimate of drug-likeness (QED) is 0.782. The number of benzene rings is 1. The van der Waals surface area contributed by atoms with Crippen LogP contribution in [0.15, 0.2) is 18.2 Å². The summed E-state index contributed by atoms with van der Waals surface area (Å²) < 4.78 is 11.5. The molecule has 0 atom stereocenters. The average Bonchev–Trinajstić information content (AvgIpc) is 2.48. The van der Waals surface area contributed by atoms with Crippen molar-refractivity contribution < 1.29 is 14.3 Å². The Morgan fingerprint density at radius 2 is 1.78 bits per heavy atom. The van der Waals surface area contributed by atoms with E-state index in [0.29, 0.717) is 23.6 Å². The summed E-state index contributed by atoms with van der Waals surface area (Å²) in [5, 5.41) is 3.30. The number of carbonyl (C=O) groups is 1. The molecule has 0 radical (unpaired) electrons. The van der Waals surface area contributed by atoms with Gasteiger partial charge in [0.2, 0.25) is 0 Å². The predicted molar refractivity (Wildman–Crippen MR) is 91.6 cm³/mol. The van der Waals surface area contributed by atoms with E-state index in [2.05, 4.69) is 10.2 Å². The van der Waals surface area contributed by atoms with E-state index in [0.717, 1.165) is 26.2 Å². The Hall–Kier alpha value is -1.59. The summed E-state index contributed by atoms with van der Waals surface area (Å²) in [6.45, 7) is 11.9. The van der Waals surface area contributed by atoms with Crippen LogP contribution in [0.2, 0.25) is 0 Å². The SMILES string of the molecule is CC(C)Oc1ccc(OC(C)C)c(C(=O)CN2CCNCC2)c1. The van der Waals surface area contributed by atoms with Crippen molar-refractivity contribution in [3.05, 3.63) is 23.8 Å². The largest absolute Gasteiger partial charge is 0.491 e. The summed E-state index contributed by atoms with van der Waals surface area (Å²) in [4.78, 5) is 14.9. The van der Waals surface area contributed by atoms with Gasteiger partial charge in [-0.2, -0.15) is 0 Å². The van der Waals surface area contributed by atoms with E-state index in [9.17, 15) is 4.79 Å². The Morgan fingerprint density at radius 1 is 1.13 bits per heavy atom. The lowest BCUT2D eigenvalue weighted by Crippen LogP contribution is -2.45. The Kier molecular flexibility index (Phi) is 6.42. The Balaban J connectivity index is 2.18. The van der Waals surface area contributed by atoms with Gasteiger partial charge in [-0.25, -0.2) is 0 Å². The minimum absolute atomic E-state index is 0.0256. The van der Waals surface area contributed by atoms with Gasteiger partial charge in [0.05, 0.1) is 24.3 Å². The first kappa shape index (κ1) is 17.8. The van der Waals surface area contributed by atoms with E-state index in [-0.39, 0.29) is 18.0 Å². The maximum Gasteiger partial charge on any atom is 0.180 e. The molecule has 1 aromatic rings. The van der Waals surface area contributed by atoms with E-state index in [1.165, 1.54) is 0 Å². The summed E-state index contributed by atoms with van der Waals surface area (Å²) in [7, 11) is 0. The summed E-state index contributed by atoms with van der Waals surface area (Å²) in [5.74, 6) is 1.42. The molecule has 2 rings (SSSR count). The van der Waals surface area contributed by atoms with Crippen LogP contribution < -0.4 is 14.8 Å². The van der Waals surface area contributed by atoms with Gasteiger partial charge < -0.3 is 14.8 Å². The number of ketones is 1. The number of nitrogens with zero attached hydrogens (tertiary/aromatic N) is 1. The first-order valence-corrected chi connectivity index (χ1v) is 8.39. The van der Waals surface area contributed by atoms with Crippen molar-refractivity contribution in [2.24, 2.45) is 0 Å². The second kappa shape index (κ2) is 8.31. The van der Waals surface area contributed by atoms with Crippen molar-refractivity contribution >= 4 is 5.78 Å². The summed E-state index contributed by atoms with van der Waals surface area (Å²) >= 11 is 0. The summed E-state index contributed by atoms with van der Waals surface area (Å²) in [5.41, 5.74) is 0.607. The van der Waals surface area contributed by atoms with Gasteiger partial charge in [-0.05, 0) is 45.9 Å². The second-order valence-corrected chi connectivity index (χ2v) is 6.44. The summed E-state index contributed by atoms with van der Waals surface area (Å²) in [6.07, 6.45) is 0.0978. The number of hydrogen-bond donors (Lipinski definition) is 1. The molecule has 1 N–H and O–H groups in total. The number of hydrogen-bond acceptors (Lipinski definition) is 5. The standard InChI is InChI=1S/C18H28N2O3/c1-13(2)22-15-5-6-18(23-14(3)4)16(11-15)17(21)12-20-9-7-19-8-10-20/h5-6,11,13-14,19H,7-10,12H2,1-4H3. The lowest BCUT2D eigenvalue weighted by molar-refractivity contribution is 0.0915. The number of nitrogens with one attached hydrogen (secondary N) is 1. The third-order valence-electron chi connectivity index (χ3n) is 3.56. The highest BCUT2D eigenvalue weighted by molar-refractivity contribution is 6.00. The fourth-order valence-corrected chi connectivity index (χ4v) is 2.59. The molecule has 0 amide bonds. The van der Waals surface area contributed by atoms with Gasteiger partial charge in [-0.1, -0.05) is 0 Å². The molecule has 0 aliphatic carbocycles. The monoisotopic (exact) mass is 320 g/mol. The molecule has 1 saturated heterocycles. The number of rotatable bonds is 7. The van der Waals surface area contributed by atoms with Crippen molar-refractivity contribution in [3.8, 4) is 11.5 Å². The van der Waals surface area contributed by atoms with Gasteiger partial charge in [-0.3, -0.25) is 9.69 Å². The fraction of sp³-hybridized carbons (Fsp3) is 0.611. The third-order valence-corrected chi connectivity index (χ3v) is 3.56. The molecule has 5 nitrogen and oxygen atoms in total. The molecule has 0 saturated carbocycles. The molecule has 0 aromatic heterocycles. The molecular formula is C18H28N2O3. The van der Waals surface area contributed by atoms with E-state index in [4.69, 9.17) is 9.47 Å². The Morgan fingerprint density at radius 3 is 2.39 bits per heavy atom. The number of ether oxygens (including phenoxy) is 2. The number of piperazine rings is 1. The first-order valence-electron chi connectivity index (χ1n) is 8.39. The lowest BCUT2D eigenvalue weighted by atomic mass is 10.1. The van der Waals surface area contributed by atoms with Gasteiger partial charge in [0.25, 0.3) is 0 Å². The average molecular weight is 320 g/mol. The van der Waals surface area contributed by atoms with Crippen LogP contribution in [0, 0.1) is 0 Å².